The molecular formula is C16H30N2O3. The molecule has 0 bridgehead atoms. The van der Waals surface area contributed by atoms with Gasteiger partial charge in [0.25, 0.3) is 0 Å². The minimum atomic E-state index is -0.00406. The molecule has 5 nitrogen and oxygen atoms in total. The molecule has 1 aliphatic heterocycles. The first-order valence-corrected chi connectivity index (χ1v) is 8.18. The topological polar surface area (TPSA) is 69.6 Å². The van der Waals surface area contributed by atoms with Crippen LogP contribution in [0.25, 0.3) is 0 Å². The molecule has 0 spiro atoms. The van der Waals surface area contributed by atoms with Crippen molar-refractivity contribution in [1.82, 2.24) is 10.2 Å². The van der Waals surface area contributed by atoms with E-state index in [1.807, 2.05) is 25.7 Å². The summed E-state index contributed by atoms with van der Waals surface area (Å²) in [4.78, 5) is 26.0. The third-order valence-electron chi connectivity index (χ3n) is 4.25. The van der Waals surface area contributed by atoms with E-state index in [-0.39, 0.29) is 30.4 Å². The second kappa shape index (κ2) is 9.03. The zero-order chi connectivity index (χ0) is 15.8. The Kier molecular flexibility index (Phi) is 7.72. The fourth-order valence-electron chi connectivity index (χ4n) is 2.77. The van der Waals surface area contributed by atoms with Crippen LogP contribution >= 0.6 is 0 Å². The Morgan fingerprint density at radius 1 is 1.29 bits per heavy atom. The zero-order valence-electron chi connectivity index (χ0n) is 13.6. The molecule has 1 unspecified atom stereocenters. The van der Waals surface area contributed by atoms with Gasteiger partial charge in [0.05, 0.1) is 0 Å². The summed E-state index contributed by atoms with van der Waals surface area (Å²) in [6.07, 6.45) is 3.55. The van der Waals surface area contributed by atoms with Crippen LogP contribution in [0.1, 0.15) is 52.9 Å². The molecule has 0 aliphatic carbocycles. The molecular weight excluding hydrogens is 268 g/mol. The highest BCUT2D eigenvalue weighted by Crippen LogP contribution is 2.19. The Hall–Kier alpha value is -1.10. The molecule has 0 saturated carbocycles. The van der Waals surface area contributed by atoms with Gasteiger partial charge in [-0.2, -0.15) is 0 Å². The molecule has 1 saturated heterocycles. The predicted octanol–water partition coefficient (Wildman–Crippen LogP) is 1.55. The number of nitrogens with zero attached hydrogens (tertiary/aromatic N) is 1. The van der Waals surface area contributed by atoms with E-state index < -0.39 is 0 Å². The fraction of sp³-hybridized carbons (Fsp3) is 0.875. The number of carbonyl (C=O) groups is 2. The number of nitrogens with one attached hydrogen (secondary N) is 1. The maximum absolute atomic E-state index is 12.3. The van der Waals surface area contributed by atoms with E-state index in [1.165, 1.54) is 0 Å². The summed E-state index contributed by atoms with van der Waals surface area (Å²) in [6, 6.07) is 0.0299. The molecule has 1 fully saturated rings. The van der Waals surface area contributed by atoms with E-state index >= 15 is 0 Å². The van der Waals surface area contributed by atoms with Crippen molar-refractivity contribution in [3.8, 4) is 0 Å². The van der Waals surface area contributed by atoms with Gasteiger partial charge in [-0.05, 0) is 31.6 Å². The van der Waals surface area contributed by atoms with Gasteiger partial charge in [0, 0.05) is 38.1 Å². The maximum Gasteiger partial charge on any atom is 0.223 e. The van der Waals surface area contributed by atoms with Gasteiger partial charge >= 0.3 is 0 Å². The molecule has 122 valence electrons. The standard InChI is InChI=1S/C16H30N2O3/c1-4-5-15(20)18-9-6-13(7-10-18)16(21)17-14(8-11-19)12(2)3/h12-14,19H,4-11H2,1-3H3,(H,17,21). The van der Waals surface area contributed by atoms with E-state index in [0.29, 0.717) is 31.8 Å². The zero-order valence-corrected chi connectivity index (χ0v) is 13.6. The van der Waals surface area contributed by atoms with E-state index in [4.69, 9.17) is 5.11 Å². The fourth-order valence-corrected chi connectivity index (χ4v) is 2.77. The van der Waals surface area contributed by atoms with Crippen molar-refractivity contribution < 1.29 is 14.7 Å². The van der Waals surface area contributed by atoms with Gasteiger partial charge in [-0.25, -0.2) is 0 Å². The van der Waals surface area contributed by atoms with Crippen LogP contribution < -0.4 is 5.32 Å². The van der Waals surface area contributed by atoms with Crippen molar-refractivity contribution >= 4 is 11.8 Å². The highest BCUT2D eigenvalue weighted by Gasteiger charge is 2.28. The number of amides is 2. The molecule has 0 aromatic carbocycles. The number of hydrogen-bond donors (Lipinski definition) is 2. The summed E-state index contributed by atoms with van der Waals surface area (Å²) in [5.41, 5.74) is 0. The molecule has 0 radical (unpaired) electrons. The largest absolute Gasteiger partial charge is 0.396 e. The minimum Gasteiger partial charge on any atom is -0.396 e. The third-order valence-corrected chi connectivity index (χ3v) is 4.25. The second-order valence-corrected chi connectivity index (χ2v) is 6.28. The number of carbonyl (C=O) groups excluding carboxylic acids is 2. The Balaban J connectivity index is 2.42. The van der Waals surface area contributed by atoms with Crippen molar-refractivity contribution in [3.05, 3.63) is 0 Å². The molecule has 1 heterocycles. The van der Waals surface area contributed by atoms with Crippen molar-refractivity contribution in [2.45, 2.75) is 58.9 Å². The van der Waals surface area contributed by atoms with Crippen LogP contribution in [-0.2, 0) is 9.59 Å². The summed E-state index contributed by atoms with van der Waals surface area (Å²) < 4.78 is 0. The Labute approximate surface area is 128 Å². The van der Waals surface area contributed by atoms with Crippen LogP contribution in [0.3, 0.4) is 0 Å². The Bertz CT molecular complexity index is 336. The van der Waals surface area contributed by atoms with E-state index in [1.54, 1.807) is 0 Å². The number of likely N-dealkylation sites (tertiary alicyclic amines) is 1. The molecule has 2 amide bonds. The van der Waals surface area contributed by atoms with Crippen LogP contribution in [-0.4, -0.2) is 47.6 Å². The minimum absolute atomic E-state index is 0.00406. The first-order chi connectivity index (χ1) is 9.99. The van der Waals surface area contributed by atoms with Crippen molar-refractivity contribution in [3.63, 3.8) is 0 Å². The lowest BCUT2D eigenvalue weighted by Gasteiger charge is -2.32. The predicted molar refractivity (Wildman–Crippen MR) is 82.7 cm³/mol. The Morgan fingerprint density at radius 2 is 1.90 bits per heavy atom. The molecule has 1 aliphatic rings. The maximum atomic E-state index is 12.3. The molecule has 0 aromatic rings. The molecule has 1 rings (SSSR count). The molecule has 1 atom stereocenters. The summed E-state index contributed by atoms with van der Waals surface area (Å²) in [5.74, 6) is 0.587. The SMILES string of the molecule is CCCC(=O)N1CCC(C(=O)NC(CCO)C(C)C)CC1. The first-order valence-electron chi connectivity index (χ1n) is 8.18. The summed E-state index contributed by atoms with van der Waals surface area (Å²) in [6.45, 7) is 7.56. The van der Waals surface area contributed by atoms with Crippen LogP contribution in [0.15, 0.2) is 0 Å². The molecule has 2 N–H and O–H groups in total. The van der Waals surface area contributed by atoms with Gasteiger partial charge in [-0.3, -0.25) is 9.59 Å². The average molecular weight is 298 g/mol. The summed E-state index contributed by atoms with van der Waals surface area (Å²) in [7, 11) is 0. The molecule has 0 aromatic heterocycles. The monoisotopic (exact) mass is 298 g/mol. The average Bonchev–Trinajstić information content (AvgIpc) is 2.47. The smallest absolute Gasteiger partial charge is 0.223 e. The van der Waals surface area contributed by atoms with Gasteiger partial charge in [-0.15, -0.1) is 0 Å². The lowest BCUT2D eigenvalue weighted by Crippen LogP contribution is -2.46. The van der Waals surface area contributed by atoms with Gasteiger partial charge in [-0.1, -0.05) is 20.8 Å². The number of rotatable bonds is 7. The Morgan fingerprint density at radius 3 is 2.38 bits per heavy atom. The van der Waals surface area contributed by atoms with Crippen LogP contribution in [0.5, 0.6) is 0 Å². The number of piperidine rings is 1. The third kappa shape index (κ3) is 5.65. The van der Waals surface area contributed by atoms with Crippen molar-refractivity contribution in [2.24, 2.45) is 11.8 Å². The number of hydrogen-bond acceptors (Lipinski definition) is 3. The summed E-state index contributed by atoms with van der Waals surface area (Å²) >= 11 is 0. The number of aliphatic hydroxyl groups excluding tert-OH is 1. The van der Waals surface area contributed by atoms with Crippen molar-refractivity contribution in [2.75, 3.05) is 19.7 Å². The second-order valence-electron chi connectivity index (χ2n) is 6.28. The van der Waals surface area contributed by atoms with E-state index in [2.05, 4.69) is 5.32 Å². The quantitative estimate of drug-likeness (QED) is 0.749. The highest BCUT2D eigenvalue weighted by atomic mass is 16.3. The van der Waals surface area contributed by atoms with E-state index in [0.717, 1.165) is 19.3 Å². The van der Waals surface area contributed by atoms with Crippen LogP contribution in [0, 0.1) is 11.8 Å². The van der Waals surface area contributed by atoms with Crippen LogP contribution in [0.4, 0.5) is 0 Å². The lowest BCUT2D eigenvalue weighted by molar-refractivity contribution is -0.136. The van der Waals surface area contributed by atoms with Crippen LogP contribution in [0.2, 0.25) is 0 Å². The first kappa shape index (κ1) is 18.0. The van der Waals surface area contributed by atoms with E-state index in [9.17, 15) is 9.59 Å². The summed E-state index contributed by atoms with van der Waals surface area (Å²) in [5, 5.41) is 12.1. The van der Waals surface area contributed by atoms with Gasteiger partial charge < -0.3 is 15.3 Å². The van der Waals surface area contributed by atoms with Gasteiger partial charge in [0.15, 0.2) is 0 Å². The molecule has 5 heteroatoms. The number of aliphatic hydroxyl groups is 1. The normalized spacial score (nSPS) is 17.9. The highest BCUT2D eigenvalue weighted by molar-refractivity contribution is 5.80. The van der Waals surface area contributed by atoms with Crippen molar-refractivity contribution in [1.29, 1.82) is 0 Å². The van der Waals surface area contributed by atoms with Gasteiger partial charge in [0.2, 0.25) is 11.8 Å². The van der Waals surface area contributed by atoms with Gasteiger partial charge in [0.1, 0.15) is 0 Å². The molecule has 21 heavy (non-hydrogen) atoms. The lowest BCUT2D eigenvalue weighted by atomic mass is 9.93.